The van der Waals surface area contributed by atoms with E-state index in [4.69, 9.17) is 18.9 Å². The number of benzene rings is 1. The van der Waals surface area contributed by atoms with Gasteiger partial charge in [-0.1, -0.05) is 12.1 Å². The van der Waals surface area contributed by atoms with Crippen LogP contribution >= 0.6 is 0 Å². The second kappa shape index (κ2) is 7.11. The normalized spacial score (nSPS) is 16.1. The molecule has 1 aliphatic carbocycles. The molecule has 0 unspecified atom stereocenters. The van der Waals surface area contributed by atoms with E-state index in [0.717, 1.165) is 5.56 Å². The molecule has 25 heavy (non-hydrogen) atoms. The van der Waals surface area contributed by atoms with Crippen molar-refractivity contribution in [3.05, 3.63) is 52.1 Å². The van der Waals surface area contributed by atoms with Crippen LogP contribution in [0.2, 0.25) is 0 Å². The Morgan fingerprint density at radius 1 is 0.800 bits per heavy atom. The third kappa shape index (κ3) is 2.72. The first-order valence-corrected chi connectivity index (χ1v) is 7.68. The van der Waals surface area contributed by atoms with E-state index in [9.17, 15) is 9.59 Å². The Morgan fingerprint density at radius 3 is 1.56 bits per heavy atom. The van der Waals surface area contributed by atoms with Gasteiger partial charge in [-0.05, 0) is 42.7 Å². The smallest absolute Gasteiger partial charge is 0.338 e. The Morgan fingerprint density at radius 2 is 1.24 bits per heavy atom. The summed E-state index contributed by atoms with van der Waals surface area (Å²) in [5.74, 6) is -0.521. The van der Waals surface area contributed by atoms with Crippen LogP contribution in [0.5, 0.6) is 5.75 Å². The van der Waals surface area contributed by atoms with E-state index >= 15 is 0 Å². The summed E-state index contributed by atoms with van der Waals surface area (Å²) in [6.07, 6.45) is 0. The van der Waals surface area contributed by atoms with Crippen LogP contribution in [0.25, 0.3) is 0 Å². The lowest BCUT2D eigenvalue weighted by Crippen LogP contribution is -2.30. The molecule has 0 saturated carbocycles. The number of ether oxygens (including phenoxy) is 4. The number of carbonyl (C=O) groups is 2. The molecule has 1 aromatic carbocycles. The number of carbonyl (C=O) groups excluding carboxylic acids is 2. The summed E-state index contributed by atoms with van der Waals surface area (Å²) in [6.45, 7) is 3.50. The highest BCUT2D eigenvalue weighted by Crippen LogP contribution is 2.50. The molecule has 0 atom stereocenters. The lowest BCUT2D eigenvalue weighted by atomic mass is 9.83. The van der Waals surface area contributed by atoms with Gasteiger partial charge in [-0.25, -0.2) is 9.59 Å². The molecule has 0 radical (unpaired) electrons. The second-order valence-electron chi connectivity index (χ2n) is 5.60. The topological polar surface area (TPSA) is 71.1 Å². The molecule has 0 N–H and O–H groups in total. The SMILES string of the molecule is COC(=O)C1=C(C)C(OC)(c2ccc(OC)cc2)C(C)=C1C(=O)OC. The van der Waals surface area contributed by atoms with Crippen molar-refractivity contribution < 1.29 is 28.5 Å². The number of esters is 2. The van der Waals surface area contributed by atoms with E-state index in [2.05, 4.69) is 0 Å². The first-order valence-electron chi connectivity index (χ1n) is 7.68. The van der Waals surface area contributed by atoms with Crippen LogP contribution in [0.4, 0.5) is 0 Å². The average molecular weight is 346 g/mol. The summed E-state index contributed by atoms with van der Waals surface area (Å²) in [7, 11) is 5.66. The molecule has 2 rings (SSSR count). The number of methoxy groups -OCH3 is 4. The highest BCUT2D eigenvalue weighted by Gasteiger charge is 2.49. The van der Waals surface area contributed by atoms with Crippen LogP contribution in [0, 0.1) is 0 Å². The fraction of sp³-hybridized carbons (Fsp3) is 0.368. The lowest BCUT2D eigenvalue weighted by Gasteiger charge is -2.32. The minimum Gasteiger partial charge on any atom is -0.497 e. The largest absolute Gasteiger partial charge is 0.497 e. The van der Waals surface area contributed by atoms with E-state index < -0.39 is 17.5 Å². The van der Waals surface area contributed by atoms with Crippen molar-refractivity contribution in [2.75, 3.05) is 28.4 Å². The molecule has 0 saturated heterocycles. The monoisotopic (exact) mass is 346 g/mol. The number of rotatable bonds is 5. The third-order valence-corrected chi connectivity index (χ3v) is 4.64. The van der Waals surface area contributed by atoms with Gasteiger partial charge in [0.25, 0.3) is 0 Å². The molecule has 1 aromatic rings. The van der Waals surface area contributed by atoms with Gasteiger partial charge >= 0.3 is 11.9 Å². The number of hydrogen-bond donors (Lipinski definition) is 0. The van der Waals surface area contributed by atoms with Crippen LogP contribution in [0.1, 0.15) is 19.4 Å². The molecule has 0 amide bonds. The molecule has 6 heteroatoms. The van der Waals surface area contributed by atoms with E-state index in [1.807, 2.05) is 12.1 Å². The molecule has 0 aliphatic heterocycles. The Hall–Kier alpha value is -2.60. The Bertz CT molecular complexity index is 717. The summed E-state index contributed by atoms with van der Waals surface area (Å²) in [5, 5.41) is 0. The molecular weight excluding hydrogens is 324 g/mol. The molecule has 6 nitrogen and oxygen atoms in total. The molecule has 0 aromatic heterocycles. The lowest BCUT2D eigenvalue weighted by molar-refractivity contribution is -0.139. The molecular formula is C19H22O6. The first kappa shape index (κ1) is 18.7. The van der Waals surface area contributed by atoms with Gasteiger partial charge in [-0.15, -0.1) is 0 Å². The van der Waals surface area contributed by atoms with Crippen molar-refractivity contribution in [3.8, 4) is 5.75 Å². The van der Waals surface area contributed by atoms with Gasteiger partial charge in [-0.2, -0.15) is 0 Å². The van der Waals surface area contributed by atoms with Crippen molar-refractivity contribution in [1.29, 1.82) is 0 Å². The summed E-state index contributed by atoms with van der Waals surface area (Å²) < 4.78 is 20.8. The molecule has 134 valence electrons. The van der Waals surface area contributed by atoms with E-state index in [0.29, 0.717) is 16.9 Å². The highest BCUT2D eigenvalue weighted by atomic mass is 16.5. The first-order chi connectivity index (χ1) is 11.9. The zero-order chi connectivity index (χ0) is 18.8. The van der Waals surface area contributed by atoms with Crippen molar-refractivity contribution in [2.45, 2.75) is 19.4 Å². The molecule has 1 aliphatic rings. The summed E-state index contributed by atoms with van der Waals surface area (Å²) in [5.41, 5.74) is 1.20. The van der Waals surface area contributed by atoms with Gasteiger partial charge in [-0.3, -0.25) is 0 Å². The van der Waals surface area contributed by atoms with Gasteiger partial charge in [0.2, 0.25) is 0 Å². The molecule has 0 fully saturated rings. The van der Waals surface area contributed by atoms with Crippen molar-refractivity contribution in [3.63, 3.8) is 0 Å². The van der Waals surface area contributed by atoms with Crippen LogP contribution < -0.4 is 4.74 Å². The van der Waals surface area contributed by atoms with Gasteiger partial charge in [0.1, 0.15) is 11.4 Å². The molecule has 0 bridgehead atoms. The van der Waals surface area contributed by atoms with Crippen molar-refractivity contribution in [2.24, 2.45) is 0 Å². The van der Waals surface area contributed by atoms with E-state index in [1.54, 1.807) is 33.1 Å². The van der Waals surface area contributed by atoms with Crippen molar-refractivity contribution >= 4 is 11.9 Å². The standard InChI is InChI=1S/C19H22O6/c1-11-15(17(20)23-4)16(18(21)24-5)12(2)19(11,25-6)13-7-9-14(22-3)10-8-13/h7-10H,1-6H3. The van der Waals surface area contributed by atoms with E-state index in [-0.39, 0.29) is 11.1 Å². The van der Waals surface area contributed by atoms with Gasteiger partial charge in [0.05, 0.1) is 32.5 Å². The van der Waals surface area contributed by atoms with Crippen LogP contribution in [0.3, 0.4) is 0 Å². The Balaban J connectivity index is 2.78. The maximum Gasteiger partial charge on any atom is 0.338 e. The average Bonchev–Trinajstić information content (AvgIpc) is 2.88. The third-order valence-electron chi connectivity index (χ3n) is 4.64. The zero-order valence-corrected chi connectivity index (χ0v) is 15.3. The summed E-state index contributed by atoms with van der Waals surface area (Å²) in [6, 6.07) is 7.27. The highest BCUT2D eigenvalue weighted by molar-refractivity contribution is 6.10. The fourth-order valence-corrected chi connectivity index (χ4v) is 3.41. The van der Waals surface area contributed by atoms with Crippen LogP contribution in [-0.4, -0.2) is 40.4 Å². The molecule has 0 spiro atoms. The predicted octanol–water partition coefficient (Wildman–Crippen LogP) is 2.53. The zero-order valence-electron chi connectivity index (χ0n) is 15.3. The maximum absolute atomic E-state index is 12.3. The quantitative estimate of drug-likeness (QED) is 0.763. The predicted molar refractivity (Wildman–Crippen MR) is 91.1 cm³/mol. The van der Waals surface area contributed by atoms with Gasteiger partial charge in [0, 0.05) is 7.11 Å². The maximum atomic E-state index is 12.3. The van der Waals surface area contributed by atoms with Crippen molar-refractivity contribution in [1.82, 2.24) is 0 Å². The minimum absolute atomic E-state index is 0.171. The van der Waals surface area contributed by atoms with Crippen LogP contribution in [0.15, 0.2) is 46.6 Å². The Kier molecular flexibility index (Phi) is 5.33. The minimum atomic E-state index is -1.06. The van der Waals surface area contributed by atoms with Gasteiger partial charge < -0.3 is 18.9 Å². The van der Waals surface area contributed by atoms with Crippen LogP contribution in [-0.2, 0) is 29.4 Å². The summed E-state index contributed by atoms with van der Waals surface area (Å²) in [4.78, 5) is 24.7. The Labute approximate surface area is 147 Å². The van der Waals surface area contributed by atoms with Gasteiger partial charge in [0.15, 0.2) is 0 Å². The van der Waals surface area contributed by atoms with E-state index in [1.165, 1.54) is 21.3 Å². The summed E-state index contributed by atoms with van der Waals surface area (Å²) >= 11 is 0. The number of hydrogen-bond acceptors (Lipinski definition) is 6. The second-order valence-corrected chi connectivity index (χ2v) is 5.60. The fourth-order valence-electron chi connectivity index (χ4n) is 3.41. The molecule has 0 heterocycles.